The van der Waals surface area contributed by atoms with Gasteiger partial charge in [-0.1, -0.05) is 30.3 Å². The Morgan fingerprint density at radius 1 is 1.13 bits per heavy atom. The molecule has 0 aliphatic heterocycles. The first kappa shape index (κ1) is 20.0. The van der Waals surface area contributed by atoms with Crippen LogP contribution in [0.15, 0.2) is 60.7 Å². The highest BCUT2D eigenvalue weighted by Gasteiger charge is 2.21. The smallest absolute Gasteiger partial charge is 0.261 e. The van der Waals surface area contributed by atoms with E-state index in [1.165, 1.54) is 11.3 Å². The van der Waals surface area contributed by atoms with Gasteiger partial charge in [-0.25, -0.2) is 4.98 Å². The lowest BCUT2D eigenvalue weighted by Gasteiger charge is -2.15. The highest BCUT2D eigenvalue weighted by molar-refractivity contribution is 7.20. The van der Waals surface area contributed by atoms with Crippen LogP contribution in [-0.4, -0.2) is 36.7 Å². The summed E-state index contributed by atoms with van der Waals surface area (Å²) in [7, 11) is 5.57. The van der Waals surface area contributed by atoms with Crippen molar-refractivity contribution < 1.29 is 9.53 Å². The third-order valence-corrected chi connectivity index (χ3v) is 6.00. The minimum absolute atomic E-state index is 0.112. The van der Waals surface area contributed by atoms with Crippen LogP contribution in [0.5, 0.6) is 5.75 Å². The number of amides is 1. The molecule has 1 atom stereocenters. The Morgan fingerprint density at radius 2 is 1.90 bits per heavy atom. The van der Waals surface area contributed by atoms with Crippen molar-refractivity contribution in [1.82, 2.24) is 14.9 Å². The summed E-state index contributed by atoms with van der Waals surface area (Å²) in [6.07, 6.45) is 0. The molecule has 0 saturated heterocycles. The molecule has 2 aromatic heterocycles. The molecule has 1 amide bonds. The molecule has 1 N–H and O–H groups in total. The van der Waals surface area contributed by atoms with Crippen molar-refractivity contribution in [3.05, 3.63) is 71.1 Å². The van der Waals surface area contributed by atoms with E-state index in [0.29, 0.717) is 4.88 Å². The van der Waals surface area contributed by atoms with E-state index < -0.39 is 0 Å². The first-order valence-corrected chi connectivity index (χ1v) is 10.5. The number of rotatable bonds is 6. The van der Waals surface area contributed by atoms with E-state index in [0.717, 1.165) is 33.3 Å². The lowest BCUT2D eigenvalue weighted by molar-refractivity contribution is 0.0944. The fourth-order valence-electron chi connectivity index (χ4n) is 3.34. The van der Waals surface area contributed by atoms with E-state index >= 15 is 0 Å². The number of carbonyl (C=O) groups excluding carboxylic acids is 1. The van der Waals surface area contributed by atoms with Gasteiger partial charge in [-0.3, -0.25) is 9.36 Å². The average molecular weight is 421 g/mol. The maximum absolute atomic E-state index is 12.9. The number of fused-ring (bicyclic) bond motifs is 1. The molecule has 0 spiro atoms. The Balaban J connectivity index is 1.65. The Morgan fingerprint density at radius 3 is 2.60 bits per heavy atom. The molecular weight excluding hydrogens is 396 g/mol. The van der Waals surface area contributed by atoms with E-state index in [4.69, 9.17) is 9.72 Å². The molecule has 0 radical (unpaired) electrons. The topological polar surface area (TPSA) is 59.4 Å². The van der Waals surface area contributed by atoms with Crippen molar-refractivity contribution in [2.24, 2.45) is 0 Å². The number of hydrogen-bond acceptors (Lipinski definition) is 5. The van der Waals surface area contributed by atoms with E-state index in [1.54, 1.807) is 7.11 Å². The number of carbonyl (C=O) groups is 1. The number of ether oxygens (including phenoxy) is 1. The van der Waals surface area contributed by atoms with Gasteiger partial charge in [0.2, 0.25) is 5.95 Å². The molecule has 30 heavy (non-hydrogen) atoms. The molecule has 2 aromatic carbocycles. The summed E-state index contributed by atoms with van der Waals surface area (Å²) < 4.78 is 7.37. The van der Waals surface area contributed by atoms with Crippen LogP contribution in [-0.2, 0) is 0 Å². The van der Waals surface area contributed by atoms with E-state index in [-0.39, 0.29) is 11.9 Å². The average Bonchev–Trinajstić information content (AvgIpc) is 3.32. The lowest BCUT2D eigenvalue weighted by Crippen LogP contribution is -2.25. The van der Waals surface area contributed by atoms with Gasteiger partial charge in [0, 0.05) is 19.8 Å². The maximum atomic E-state index is 12.9. The minimum atomic E-state index is -0.143. The summed E-state index contributed by atoms with van der Waals surface area (Å²) in [6.45, 7) is 1.96. The van der Waals surface area contributed by atoms with Crippen LogP contribution in [0.3, 0.4) is 0 Å². The Kier molecular flexibility index (Phi) is 5.46. The predicted molar refractivity (Wildman–Crippen MR) is 122 cm³/mol. The monoisotopic (exact) mass is 420 g/mol. The van der Waals surface area contributed by atoms with Crippen LogP contribution < -0.4 is 15.0 Å². The lowest BCUT2D eigenvalue weighted by atomic mass is 10.1. The first-order chi connectivity index (χ1) is 14.5. The summed E-state index contributed by atoms with van der Waals surface area (Å²) in [5, 5.41) is 3.08. The van der Waals surface area contributed by atoms with Crippen molar-refractivity contribution in [1.29, 1.82) is 0 Å². The van der Waals surface area contributed by atoms with Crippen LogP contribution in [0.25, 0.3) is 16.0 Å². The van der Waals surface area contributed by atoms with Gasteiger partial charge >= 0.3 is 0 Å². The fourth-order valence-corrected chi connectivity index (χ4v) is 4.36. The van der Waals surface area contributed by atoms with Crippen molar-refractivity contribution in [3.8, 4) is 11.4 Å². The van der Waals surface area contributed by atoms with Crippen molar-refractivity contribution >= 4 is 33.5 Å². The largest absolute Gasteiger partial charge is 0.497 e. The van der Waals surface area contributed by atoms with Gasteiger partial charge in [0.05, 0.1) is 18.0 Å². The number of aromatic nitrogens is 2. The molecule has 0 unspecified atom stereocenters. The maximum Gasteiger partial charge on any atom is 0.261 e. The molecule has 0 aliphatic rings. The van der Waals surface area contributed by atoms with E-state index in [2.05, 4.69) is 9.88 Å². The van der Waals surface area contributed by atoms with E-state index in [9.17, 15) is 4.79 Å². The zero-order chi connectivity index (χ0) is 21.3. The summed E-state index contributed by atoms with van der Waals surface area (Å²) in [6, 6.07) is 19.5. The number of nitrogens with zero attached hydrogens (tertiary/aromatic N) is 3. The van der Waals surface area contributed by atoms with Crippen molar-refractivity contribution in [2.45, 2.75) is 13.0 Å². The predicted octanol–water partition coefficient (Wildman–Crippen LogP) is 4.65. The van der Waals surface area contributed by atoms with Crippen LogP contribution in [0.1, 0.15) is 28.2 Å². The number of nitrogens with one attached hydrogen (secondary N) is 1. The number of imidazole rings is 1. The Labute approximate surface area is 179 Å². The normalized spacial score (nSPS) is 12.0. The van der Waals surface area contributed by atoms with Crippen molar-refractivity contribution in [3.63, 3.8) is 0 Å². The Bertz CT molecular complexity index is 1180. The summed E-state index contributed by atoms with van der Waals surface area (Å²) >= 11 is 1.45. The van der Waals surface area contributed by atoms with Crippen LogP contribution >= 0.6 is 11.3 Å². The molecule has 4 rings (SSSR count). The van der Waals surface area contributed by atoms with Gasteiger partial charge in [-0.15, -0.1) is 11.3 Å². The molecule has 2 heterocycles. The van der Waals surface area contributed by atoms with Crippen molar-refractivity contribution in [2.75, 3.05) is 26.1 Å². The standard InChI is InChI=1S/C23H24N4O2S/c1-15(16-9-8-12-18(13-16)29-4)24-21(28)20-14-19-22(30-20)27(23(25-19)26(2)3)17-10-6-5-7-11-17/h5-15H,1-4H3,(H,24,28)/t15-/m1/s1. The second-order valence-corrected chi connectivity index (χ2v) is 8.28. The molecule has 0 fully saturated rings. The number of benzene rings is 2. The van der Waals surface area contributed by atoms with Gasteiger partial charge in [0.15, 0.2) is 0 Å². The number of methoxy groups -OCH3 is 1. The summed E-state index contributed by atoms with van der Waals surface area (Å²) in [5.74, 6) is 1.49. The zero-order valence-corrected chi connectivity index (χ0v) is 18.2. The molecule has 0 aliphatic carbocycles. The number of hydrogen-bond donors (Lipinski definition) is 1. The highest BCUT2D eigenvalue weighted by Crippen LogP contribution is 2.33. The first-order valence-electron chi connectivity index (χ1n) is 9.67. The van der Waals surface area contributed by atoms with Gasteiger partial charge in [0.25, 0.3) is 5.91 Å². The number of anilines is 1. The highest BCUT2D eigenvalue weighted by atomic mass is 32.1. The molecule has 0 bridgehead atoms. The quantitative estimate of drug-likeness (QED) is 0.493. The van der Waals surface area contributed by atoms with Gasteiger partial charge < -0.3 is 15.0 Å². The minimum Gasteiger partial charge on any atom is -0.497 e. The second kappa shape index (κ2) is 8.20. The van der Waals surface area contributed by atoms with Crippen LogP contribution in [0.2, 0.25) is 0 Å². The Hall–Kier alpha value is -3.32. The molecule has 6 nitrogen and oxygen atoms in total. The van der Waals surface area contributed by atoms with Crippen LogP contribution in [0.4, 0.5) is 5.95 Å². The molecule has 7 heteroatoms. The second-order valence-electron chi connectivity index (χ2n) is 7.25. The van der Waals surface area contributed by atoms with E-state index in [1.807, 2.05) is 86.6 Å². The third-order valence-electron chi connectivity index (χ3n) is 4.90. The van der Waals surface area contributed by atoms with Gasteiger partial charge in [0.1, 0.15) is 16.1 Å². The number of para-hydroxylation sites is 1. The SMILES string of the molecule is COc1cccc([C@@H](C)NC(=O)c2cc3nc(N(C)C)n(-c4ccccc4)c3s2)c1. The zero-order valence-electron chi connectivity index (χ0n) is 17.4. The molecule has 4 aromatic rings. The molecule has 154 valence electrons. The summed E-state index contributed by atoms with van der Waals surface area (Å²) in [5.41, 5.74) is 2.82. The fraction of sp³-hybridized carbons (Fsp3) is 0.217. The summed E-state index contributed by atoms with van der Waals surface area (Å²) in [4.78, 5) is 21.3. The molecule has 0 saturated carbocycles. The number of thiophene rings is 1. The molecular formula is C23H24N4O2S. The van der Waals surface area contributed by atoms with Crippen LogP contribution in [0, 0.1) is 0 Å². The van der Waals surface area contributed by atoms with Gasteiger partial charge in [-0.2, -0.15) is 0 Å². The van der Waals surface area contributed by atoms with Gasteiger partial charge in [-0.05, 0) is 42.8 Å². The third kappa shape index (κ3) is 3.76.